The van der Waals surface area contributed by atoms with Gasteiger partial charge in [-0.3, -0.25) is 9.36 Å². The van der Waals surface area contributed by atoms with Crippen molar-refractivity contribution in [3.05, 3.63) is 54.3 Å². The lowest BCUT2D eigenvalue weighted by atomic mass is 10.2. The maximum absolute atomic E-state index is 12.3. The van der Waals surface area contributed by atoms with Gasteiger partial charge in [-0.25, -0.2) is 0 Å². The Morgan fingerprint density at radius 3 is 2.71 bits per heavy atom. The van der Waals surface area contributed by atoms with Crippen molar-refractivity contribution in [3.8, 4) is 11.6 Å². The largest absolute Gasteiger partial charge is 0.461 e. The highest BCUT2D eigenvalue weighted by Crippen LogP contribution is 2.25. The molecule has 0 N–H and O–H groups in total. The third-order valence-corrected chi connectivity index (χ3v) is 4.59. The van der Waals surface area contributed by atoms with Gasteiger partial charge in [-0.15, -0.1) is 10.2 Å². The predicted octanol–water partition coefficient (Wildman–Crippen LogP) is 4.31. The molecule has 0 unspecified atom stereocenters. The van der Waals surface area contributed by atoms with E-state index in [9.17, 15) is 4.79 Å². The molecule has 0 fully saturated rings. The molecule has 6 heteroatoms. The van der Waals surface area contributed by atoms with Crippen LogP contribution in [0.2, 0.25) is 0 Å². The van der Waals surface area contributed by atoms with Crippen LogP contribution in [0.5, 0.6) is 0 Å². The lowest BCUT2D eigenvalue weighted by molar-refractivity contribution is 0.102. The van der Waals surface area contributed by atoms with Crippen LogP contribution in [0, 0.1) is 0 Å². The van der Waals surface area contributed by atoms with E-state index in [1.165, 1.54) is 11.8 Å². The van der Waals surface area contributed by atoms with Crippen LogP contribution in [0.4, 0.5) is 0 Å². The quantitative estimate of drug-likeness (QED) is 0.451. The second kappa shape index (κ2) is 7.97. The molecule has 0 spiro atoms. The zero-order valence-corrected chi connectivity index (χ0v) is 14.3. The number of carbonyl (C=O) groups is 1. The molecule has 1 aromatic carbocycles. The van der Waals surface area contributed by atoms with E-state index in [-0.39, 0.29) is 5.78 Å². The highest BCUT2D eigenvalue weighted by Gasteiger charge is 2.17. The summed E-state index contributed by atoms with van der Waals surface area (Å²) in [7, 11) is 0. The summed E-state index contributed by atoms with van der Waals surface area (Å²) in [6, 6.07) is 13.0. The molecule has 0 radical (unpaired) electrons. The van der Waals surface area contributed by atoms with Gasteiger partial charge < -0.3 is 4.42 Å². The van der Waals surface area contributed by atoms with Gasteiger partial charge in [0.15, 0.2) is 22.5 Å². The fourth-order valence-corrected chi connectivity index (χ4v) is 3.20. The summed E-state index contributed by atoms with van der Waals surface area (Å²) in [5, 5.41) is 9.25. The molecule has 0 bridgehead atoms. The fraction of sp³-hybridized carbons (Fsp3) is 0.278. The summed E-state index contributed by atoms with van der Waals surface area (Å²) in [6.07, 6.45) is 3.72. The number of benzene rings is 1. The molecule has 0 saturated carbocycles. The maximum atomic E-state index is 12.3. The summed E-state index contributed by atoms with van der Waals surface area (Å²) in [5.41, 5.74) is 0.718. The second-order valence-electron chi connectivity index (χ2n) is 5.37. The number of hydrogen-bond acceptors (Lipinski definition) is 5. The highest BCUT2D eigenvalue weighted by molar-refractivity contribution is 7.99. The normalized spacial score (nSPS) is 10.9. The molecule has 0 aliphatic heterocycles. The van der Waals surface area contributed by atoms with Gasteiger partial charge in [0.2, 0.25) is 0 Å². The highest BCUT2D eigenvalue weighted by atomic mass is 32.2. The van der Waals surface area contributed by atoms with Crippen molar-refractivity contribution in [2.24, 2.45) is 0 Å². The van der Waals surface area contributed by atoms with Gasteiger partial charge in [-0.2, -0.15) is 0 Å². The topological polar surface area (TPSA) is 60.9 Å². The number of furan rings is 1. The van der Waals surface area contributed by atoms with E-state index >= 15 is 0 Å². The minimum atomic E-state index is 0.0881. The van der Waals surface area contributed by atoms with Crippen molar-refractivity contribution in [3.63, 3.8) is 0 Å². The molecular weight excluding hydrogens is 322 g/mol. The van der Waals surface area contributed by atoms with E-state index in [1.54, 1.807) is 6.26 Å². The van der Waals surface area contributed by atoms with Crippen molar-refractivity contribution >= 4 is 17.5 Å². The van der Waals surface area contributed by atoms with Crippen LogP contribution in [-0.2, 0) is 6.54 Å². The molecule has 0 atom stereocenters. The van der Waals surface area contributed by atoms with Gasteiger partial charge in [-0.1, -0.05) is 55.4 Å². The molecule has 2 aromatic heterocycles. The van der Waals surface area contributed by atoms with Gasteiger partial charge in [0.05, 0.1) is 12.0 Å². The third kappa shape index (κ3) is 3.76. The number of unbranched alkanes of at least 4 members (excludes halogenated alkanes) is 1. The summed E-state index contributed by atoms with van der Waals surface area (Å²) in [6.45, 7) is 2.95. The summed E-state index contributed by atoms with van der Waals surface area (Å²) < 4.78 is 7.48. The number of rotatable bonds is 8. The molecular formula is C18H19N3O2S. The van der Waals surface area contributed by atoms with Crippen molar-refractivity contribution in [2.45, 2.75) is 31.5 Å². The monoisotopic (exact) mass is 341 g/mol. The van der Waals surface area contributed by atoms with E-state index in [0.717, 1.165) is 30.1 Å². The lowest BCUT2D eigenvalue weighted by Crippen LogP contribution is -2.06. The van der Waals surface area contributed by atoms with E-state index in [1.807, 2.05) is 47.0 Å². The van der Waals surface area contributed by atoms with Crippen LogP contribution in [0.25, 0.3) is 11.6 Å². The molecule has 0 saturated heterocycles. The fourth-order valence-electron chi connectivity index (χ4n) is 2.34. The standard InChI is InChI=1S/C18H19N3O2S/c1-2-3-11-21-17(16-10-7-12-23-16)19-20-18(21)24-13-15(22)14-8-5-4-6-9-14/h4-10,12H,2-3,11,13H2,1H3. The Morgan fingerprint density at radius 1 is 1.17 bits per heavy atom. The van der Waals surface area contributed by atoms with Crippen LogP contribution in [0.1, 0.15) is 30.1 Å². The third-order valence-electron chi connectivity index (χ3n) is 3.62. The zero-order chi connectivity index (χ0) is 16.8. The Labute approximate surface area is 145 Å². The first-order valence-corrected chi connectivity index (χ1v) is 8.96. The molecule has 3 rings (SSSR count). The summed E-state index contributed by atoms with van der Waals surface area (Å²) in [5.74, 6) is 1.83. The SMILES string of the molecule is CCCCn1c(SCC(=O)c2ccccc2)nnc1-c1ccco1. The van der Waals surface area contributed by atoms with Gasteiger partial charge in [0.1, 0.15) is 0 Å². The number of hydrogen-bond donors (Lipinski definition) is 0. The molecule has 0 amide bonds. The minimum Gasteiger partial charge on any atom is -0.461 e. The Kier molecular flexibility index (Phi) is 5.48. The molecule has 5 nitrogen and oxygen atoms in total. The number of carbonyl (C=O) groups excluding carboxylic acids is 1. The molecule has 0 aliphatic carbocycles. The first-order chi connectivity index (χ1) is 11.8. The van der Waals surface area contributed by atoms with Crippen molar-refractivity contribution in [1.29, 1.82) is 0 Å². The van der Waals surface area contributed by atoms with Crippen LogP contribution in [0.3, 0.4) is 0 Å². The van der Waals surface area contributed by atoms with E-state index < -0.39 is 0 Å². The van der Waals surface area contributed by atoms with Gasteiger partial charge in [-0.05, 0) is 18.6 Å². The smallest absolute Gasteiger partial charge is 0.200 e. The summed E-state index contributed by atoms with van der Waals surface area (Å²) in [4.78, 5) is 12.3. The van der Waals surface area contributed by atoms with Crippen LogP contribution in [0.15, 0.2) is 58.3 Å². The van der Waals surface area contributed by atoms with Crippen molar-refractivity contribution in [1.82, 2.24) is 14.8 Å². The number of Topliss-reactive ketones (excluding diaryl/α,β-unsaturated/α-hetero) is 1. The minimum absolute atomic E-state index is 0.0881. The van der Waals surface area contributed by atoms with Gasteiger partial charge in [0.25, 0.3) is 0 Å². The molecule has 0 aliphatic rings. The molecule has 24 heavy (non-hydrogen) atoms. The Bertz CT molecular complexity index is 782. The first kappa shape index (κ1) is 16.5. The Hall–Kier alpha value is -2.34. The van der Waals surface area contributed by atoms with E-state index in [0.29, 0.717) is 17.3 Å². The van der Waals surface area contributed by atoms with Crippen LogP contribution in [-0.4, -0.2) is 26.3 Å². The number of aromatic nitrogens is 3. The van der Waals surface area contributed by atoms with Gasteiger partial charge in [0, 0.05) is 12.1 Å². The second-order valence-corrected chi connectivity index (χ2v) is 6.31. The molecule has 2 heterocycles. The van der Waals surface area contributed by atoms with E-state index in [2.05, 4.69) is 17.1 Å². The van der Waals surface area contributed by atoms with Crippen molar-refractivity contribution in [2.75, 3.05) is 5.75 Å². The zero-order valence-electron chi connectivity index (χ0n) is 13.5. The molecule has 124 valence electrons. The Morgan fingerprint density at radius 2 is 2.00 bits per heavy atom. The predicted molar refractivity (Wildman–Crippen MR) is 94.1 cm³/mol. The van der Waals surface area contributed by atoms with Crippen molar-refractivity contribution < 1.29 is 9.21 Å². The van der Waals surface area contributed by atoms with Gasteiger partial charge >= 0.3 is 0 Å². The average Bonchev–Trinajstić information content (AvgIpc) is 3.28. The maximum Gasteiger partial charge on any atom is 0.200 e. The summed E-state index contributed by atoms with van der Waals surface area (Å²) >= 11 is 1.42. The van der Waals surface area contributed by atoms with Crippen LogP contribution >= 0.6 is 11.8 Å². The lowest BCUT2D eigenvalue weighted by Gasteiger charge is -2.08. The number of nitrogens with zero attached hydrogens (tertiary/aromatic N) is 3. The van der Waals surface area contributed by atoms with Crippen LogP contribution < -0.4 is 0 Å². The average molecular weight is 341 g/mol. The number of thioether (sulfide) groups is 1. The van der Waals surface area contributed by atoms with E-state index in [4.69, 9.17) is 4.42 Å². The first-order valence-electron chi connectivity index (χ1n) is 7.97. The number of ketones is 1. The molecule has 3 aromatic rings. The Balaban J connectivity index is 1.76.